The molecule has 0 spiro atoms. The number of hydrogen-bond donors (Lipinski definition) is 1. The van der Waals surface area contributed by atoms with Crippen LogP contribution in [0.25, 0.3) is 0 Å². The lowest BCUT2D eigenvalue weighted by molar-refractivity contribution is -0.870. The maximum Gasteiger partial charge on any atom is 0.330 e. The molecule has 0 aliphatic heterocycles. The van der Waals surface area contributed by atoms with Crippen molar-refractivity contribution in [2.24, 2.45) is 0 Å². The van der Waals surface area contributed by atoms with Gasteiger partial charge in [0.05, 0.1) is 27.7 Å². The molecule has 1 unspecified atom stereocenters. The van der Waals surface area contributed by atoms with Crippen LogP contribution in [-0.4, -0.2) is 74.9 Å². The van der Waals surface area contributed by atoms with E-state index in [9.17, 15) is 14.5 Å². The van der Waals surface area contributed by atoms with Crippen LogP contribution < -0.4 is 0 Å². The summed E-state index contributed by atoms with van der Waals surface area (Å²) in [4.78, 5) is 35.3. The Balaban J connectivity index is 4.24. The van der Waals surface area contributed by atoms with Crippen molar-refractivity contribution in [3.63, 3.8) is 0 Å². The Bertz CT molecular complexity index is 734. The molecule has 2 atom stereocenters. The summed E-state index contributed by atoms with van der Waals surface area (Å²) in [6.45, 7) is 5.43. The van der Waals surface area contributed by atoms with Gasteiger partial charge in [-0.25, -0.2) is 0 Å². The Morgan fingerprint density at radius 3 is 1.29 bits per heavy atom. The molecule has 0 aliphatic carbocycles. The fourth-order valence-corrected chi connectivity index (χ4v) is 6.38. The van der Waals surface area contributed by atoms with Gasteiger partial charge in [0, 0.05) is 12.8 Å². The van der Waals surface area contributed by atoms with Crippen molar-refractivity contribution in [2.75, 3.05) is 47.5 Å². The Morgan fingerprint density at radius 1 is 0.531 bits per heavy atom. The monoisotopic (exact) mass is 719 g/mol. The summed E-state index contributed by atoms with van der Waals surface area (Å²) in [6.07, 6.45) is 32.4. The van der Waals surface area contributed by atoms with E-state index in [2.05, 4.69) is 13.8 Å². The Morgan fingerprint density at radius 2 is 0.898 bits per heavy atom. The number of ether oxygens (including phenoxy) is 2. The third-order valence-electron chi connectivity index (χ3n) is 9.03. The Hall–Kier alpha value is -0.790. The lowest BCUT2D eigenvalue weighted by atomic mass is 10.0. The van der Waals surface area contributed by atoms with Gasteiger partial charge in [-0.1, -0.05) is 168 Å². The molecule has 49 heavy (non-hydrogen) atoms. The third kappa shape index (κ3) is 38.3. The van der Waals surface area contributed by atoms with Crippen LogP contribution in [-0.2, 0) is 28.1 Å². The molecular weight excluding hydrogens is 637 g/mol. The summed E-state index contributed by atoms with van der Waals surface area (Å²) >= 11 is 0. The van der Waals surface area contributed by atoms with Gasteiger partial charge in [0.2, 0.25) is 0 Å². The molecule has 9 heteroatoms. The first kappa shape index (κ1) is 48.2. The van der Waals surface area contributed by atoms with Gasteiger partial charge in [0.15, 0.2) is 6.10 Å². The van der Waals surface area contributed by atoms with E-state index in [-0.39, 0.29) is 25.2 Å². The third-order valence-corrected chi connectivity index (χ3v) is 9.81. The summed E-state index contributed by atoms with van der Waals surface area (Å²) in [5.41, 5.74) is 0. The molecular formula is C40H81NO7P+. The maximum atomic E-state index is 12.6. The van der Waals surface area contributed by atoms with Crippen molar-refractivity contribution >= 4 is 20.5 Å². The van der Waals surface area contributed by atoms with Gasteiger partial charge in [-0.15, -0.1) is 0 Å². The van der Waals surface area contributed by atoms with Gasteiger partial charge in [-0.2, -0.15) is 0 Å². The van der Waals surface area contributed by atoms with Gasteiger partial charge in [0.25, 0.3) is 0 Å². The SMILES string of the molecule is CCCCCCCCCCCCCCCC(=O)OCC(CO[P@](O)OCC[N+](C)(C)C)OC(=O)CCCCCCCCCCCCCCC. The van der Waals surface area contributed by atoms with Crippen LogP contribution in [0.1, 0.15) is 194 Å². The van der Waals surface area contributed by atoms with Crippen molar-refractivity contribution in [3.05, 3.63) is 0 Å². The first-order valence-electron chi connectivity index (χ1n) is 20.6. The summed E-state index contributed by atoms with van der Waals surface area (Å²) < 4.78 is 22.7. The van der Waals surface area contributed by atoms with Crippen molar-refractivity contribution in [2.45, 2.75) is 200 Å². The van der Waals surface area contributed by atoms with E-state index >= 15 is 0 Å². The van der Waals surface area contributed by atoms with Gasteiger partial charge in [-0.3, -0.25) is 9.59 Å². The lowest BCUT2D eigenvalue weighted by Crippen LogP contribution is -2.37. The van der Waals surface area contributed by atoms with Crippen LogP contribution >= 0.6 is 8.60 Å². The molecule has 0 radical (unpaired) electrons. The van der Waals surface area contributed by atoms with Crippen LogP contribution in [0.4, 0.5) is 0 Å². The van der Waals surface area contributed by atoms with Gasteiger partial charge >= 0.3 is 20.5 Å². The van der Waals surface area contributed by atoms with Gasteiger partial charge in [0.1, 0.15) is 19.8 Å². The predicted molar refractivity (Wildman–Crippen MR) is 205 cm³/mol. The number of esters is 2. The van der Waals surface area contributed by atoms with E-state index in [1.54, 1.807) is 0 Å². The van der Waals surface area contributed by atoms with Crippen LogP contribution in [0.2, 0.25) is 0 Å². The molecule has 0 aliphatic rings. The molecule has 0 aromatic carbocycles. The lowest BCUT2D eigenvalue weighted by Gasteiger charge is -2.24. The zero-order valence-corrected chi connectivity index (χ0v) is 33.9. The van der Waals surface area contributed by atoms with E-state index in [1.807, 2.05) is 21.1 Å². The van der Waals surface area contributed by atoms with Crippen LogP contribution in [0.15, 0.2) is 0 Å². The van der Waals surface area contributed by atoms with Crippen LogP contribution in [0.3, 0.4) is 0 Å². The minimum Gasteiger partial charge on any atom is -0.462 e. The Labute approximate surface area is 304 Å². The number of quaternary nitrogens is 1. The molecule has 0 saturated carbocycles. The highest BCUT2D eigenvalue weighted by molar-refractivity contribution is 7.40. The van der Waals surface area contributed by atoms with Gasteiger partial charge in [-0.05, 0) is 12.8 Å². The van der Waals surface area contributed by atoms with E-state index in [1.165, 1.54) is 128 Å². The molecule has 0 amide bonds. The molecule has 0 fully saturated rings. The van der Waals surface area contributed by atoms with Crippen molar-refractivity contribution in [1.29, 1.82) is 0 Å². The van der Waals surface area contributed by atoms with Crippen molar-refractivity contribution in [3.8, 4) is 0 Å². The molecule has 0 heterocycles. The quantitative estimate of drug-likeness (QED) is 0.0294. The van der Waals surface area contributed by atoms with E-state index < -0.39 is 14.7 Å². The highest BCUT2D eigenvalue weighted by atomic mass is 31.2. The van der Waals surface area contributed by atoms with Crippen molar-refractivity contribution in [1.82, 2.24) is 0 Å². The number of nitrogens with zero attached hydrogens (tertiary/aromatic N) is 1. The average molecular weight is 719 g/mol. The predicted octanol–water partition coefficient (Wildman–Crippen LogP) is 11.4. The summed E-state index contributed by atoms with van der Waals surface area (Å²) in [5, 5.41) is 0. The second-order valence-electron chi connectivity index (χ2n) is 15.2. The molecule has 0 aromatic rings. The van der Waals surface area contributed by atoms with Crippen LogP contribution in [0.5, 0.6) is 0 Å². The topological polar surface area (TPSA) is 91.3 Å². The standard InChI is InChI=1S/C40H81NO7P/c1-6-8-10-12-14-16-18-20-22-24-26-28-30-32-39(42)45-36-38(37-47-49(44)46-35-34-41(3,4)5)48-40(43)33-31-29-27-25-23-21-19-17-15-13-11-9-7-2/h38,44H,6-37H2,1-5H3/q+1/t38?,49-/m1/s1. The minimum absolute atomic E-state index is 0.0797. The Kier molecular flexibility index (Phi) is 35.0. The zero-order valence-electron chi connectivity index (χ0n) is 33.0. The summed E-state index contributed by atoms with van der Waals surface area (Å²) in [7, 11) is 4.02. The van der Waals surface area contributed by atoms with E-state index in [0.29, 0.717) is 23.9 Å². The number of hydrogen-bond acceptors (Lipinski definition) is 7. The second-order valence-corrected chi connectivity index (χ2v) is 16.2. The number of unbranched alkanes of at least 4 members (excludes halogenated alkanes) is 24. The smallest absolute Gasteiger partial charge is 0.330 e. The van der Waals surface area contributed by atoms with Crippen LogP contribution in [0, 0.1) is 0 Å². The summed E-state index contributed by atoms with van der Waals surface area (Å²) in [6, 6.07) is 0. The minimum atomic E-state index is -2.11. The molecule has 0 aromatic heterocycles. The average Bonchev–Trinajstić information content (AvgIpc) is 3.06. The maximum absolute atomic E-state index is 12.6. The molecule has 0 rings (SSSR count). The number of rotatable bonds is 38. The fraction of sp³-hybridized carbons (Fsp3) is 0.950. The first-order valence-corrected chi connectivity index (χ1v) is 21.7. The van der Waals surface area contributed by atoms with E-state index in [0.717, 1.165) is 45.1 Å². The second kappa shape index (κ2) is 35.6. The number of likely N-dealkylation sites (N-methyl/N-ethyl adjacent to an activating group) is 1. The largest absolute Gasteiger partial charge is 0.462 e. The first-order chi connectivity index (χ1) is 23.7. The normalized spacial score (nSPS) is 13.0. The fourth-order valence-electron chi connectivity index (χ4n) is 5.77. The van der Waals surface area contributed by atoms with Gasteiger partial charge < -0.3 is 27.9 Å². The number of carbonyl (C=O) groups excluding carboxylic acids is 2. The highest BCUT2D eigenvalue weighted by Gasteiger charge is 2.21. The summed E-state index contributed by atoms with van der Waals surface area (Å²) in [5.74, 6) is -0.608. The molecule has 0 saturated heterocycles. The molecule has 292 valence electrons. The number of carbonyl (C=O) groups is 2. The molecule has 1 N–H and O–H groups in total. The highest BCUT2D eigenvalue weighted by Crippen LogP contribution is 2.33. The molecule has 8 nitrogen and oxygen atoms in total. The molecule has 0 bridgehead atoms. The van der Waals surface area contributed by atoms with E-state index in [4.69, 9.17) is 18.5 Å². The van der Waals surface area contributed by atoms with Crippen molar-refractivity contribution < 1.29 is 37.5 Å². The zero-order chi connectivity index (χ0) is 36.3.